The van der Waals surface area contributed by atoms with Crippen molar-refractivity contribution in [1.29, 1.82) is 0 Å². The monoisotopic (exact) mass is 453 g/mol. The van der Waals surface area contributed by atoms with E-state index in [-0.39, 0.29) is 23.9 Å². The van der Waals surface area contributed by atoms with Crippen LogP contribution in [-0.2, 0) is 11.0 Å². The van der Waals surface area contributed by atoms with Crippen molar-refractivity contribution in [1.82, 2.24) is 10.3 Å². The molecule has 2 aliphatic carbocycles. The van der Waals surface area contributed by atoms with Crippen molar-refractivity contribution in [3.05, 3.63) is 71.9 Å². The van der Waals surface area contributed by atoms with Gasteiger partial charge in [0, 0.05) is 29.1 Å². The van der Waals surface area contributed by atoms with Gasteiger partial charge in [-0.25, -0.2) is 4.98 Å². The van der Waals surface area contributed by atoms with Gasteiger partial charge in [0.05, 0.1) is 5.52 Å². The largest absolute Gasteiger partial charge is 0.433 e. The summed E-state index contributed by atoms with van der Waals surface area (Å²) in [4.78, 5) is 16.5. The van der Waals surface area contributed by atoms with E-state index < -0.39 is 11.9 Å². The summed E-state index contributed by atoms with van der Waals surface area (Å²) >= 11 is 0. The van der Waals surface area contributed by atoms with Crippen molar-refractivity contribution >= 4 is 22.5 Å². The number of para-hydroxylation sites is 1. The van der Waals surface area contributed by atoms with Crippen LogP contribution in [0.1, 0.15) is 49.3 Å². The number of benzene rings is 2. The number of carbonyl (C=O) groups is 1. The third kappa shape index (κ3) is 4.82. The molecule has 2 aliphatic rings. The van der Waals surface area contributed by atoms with E-state index in [1.807, 2.05) is 18.2 Å². The van der Waals surface area contributed by atoms with Gasteiger partial charge in [0.25, 0.3) is 0 Å². The first-order valence-corrected chi connectivity index (χ1v) is 11.5. The quantitative estimate of drug-likeness (QED) is 0.506. The van der Waals surface area contributed by atoms with Crippen LogP contribution in [0.3, 0.4) is 0 Å². The fourth-order valence-electron chi connectivity index (χ4n) is 4.90. The van der Waals surface area contributed by atoms with Crippen LogP contribution >= 0.6 is 0 Å². The van der Waals surface area contributed by atoms with Crippen molar-refractivity contribution in [3.8, 4) is 0 Å². The lowest BCUT2D eigenvalue weighted by Gasteiger charge is -2.31. The molecule has 2 fully saturated rings. The highest BCUT2D eigenvalue weighted by atomic mass is 19.4. The Bertz CT molecular complexity index is 1140. The van der Waals surface area contributed by atoms with Crippen LogP contribution in [0.2, 0.25) is 0 Å². The van der Waals surface area contributed by atoms with Crippen LogP contribution < -0.4 is 10.6 Å². The third-order valence-corrected chi connectivity index (χ3v) is 6.79. The van der Waals surface area contributed by atoms with Gasteiger partial charge >= 0.3 is 6.18 Å². The Hall–Kier alpha value is -3.09. The molecule has 0 unspecified atom stereocenters. The first-order valence-electron chi connectivity index (χ1n) is 11.5. The second-order valence-electron chi connectivity index (χ2n) is 9.13. The minimum Gasteiger partial charge on any atom is -0.382 e. The summed E-state index contributed by atoms with van der Waals surface area (Å²) in [6.45, 7) is 0. The van der Waals surface area contributed by atoms with Crippen molar-refractivity contribution in [3.63, 3.8) is 0 Å². The van der Waals surface area contributed by atoms with E-state index in [9.17, 15) is 18.0 Å². The van der Waals surface area contributed by atoms with Gasteiger partial charge in [0.1, 0.15) is 5.69 Å². The molecule has 0 aliphatic heterocycles. The molecule has 0 radical (unpaired) electrons. The molecule has 33 heavy (non-hydrogen) atoms. The number of fused-ring (bicyclic) bond motifs is 1. The topological polar surface area (TPSA) is 54.0 Å². The van der Waals surface area contributed by atoms with Gasteiger partial charge in [0.15, 0.2) is 0 Å². The predicted molar refractivity (Wildman–Crippen MR) is 122 cm³/mol. The minimum absolute atomic E-state index is 0.0484. The number of hydrogen-bond donors (Lipinski definition) is 2. The van der Waals surface area contributed by atoms with Crippen LogP contribution in [0.25, 0.3) is 10.9 Å². The molecular formula is C26H26F3N3O. The molecule has 5 rings (SSSR count). The number of rotatable bonds is 5. The highest BCUT2D eigenvalue weighted by Crippen LogP contribution is 2.47. The van der Waals surface area contributed by atoms with Gasteiger partial charge in [-0.2, -0.15) is 13.2 Å². The van der Waals surface area contributed by atoms with Crippen molar-refractivity contribution in [2.75, 3.05) is 5.32 Å². The van der Waals surface area contributed by atoms with Crippen LogP contribution in [0, 0.1) is 5.92 Å². The zero-order valence-corrected chi connectivity index (χ0v) is 18.1. The number of amides is 1. The molecule has 0 spiro atoms. The number of nitrogens with one attached hydrogen (secondary N) is 2. The Labute approximate surface area is 190 Å². The van der Waals surface area contributed by atoms with Gasteiger partial charge < -0.3 is 10.6 Å². The smallest absolute Gasteiger partial charge is 0.382 e. The first kappa shape index (κ1) is 21.7. The number of nitrogens with zero attached hydrogens (tertiary/aromatic N) is 1. The van der Waals surface area contributed by atoms with E-state index in [0.29, 0.717) is 22.5 Å². The van der Waals surface area contributed by atoms with E-state index in [2.05, 4.69) is 27.8 Å². The van der Waals surface area contributed by atoms with E-state index >= 15 is 0 Å². The molecule has 0 bridgehead atoms. The molecule has 2 N–H and O–H groups in total. The molecule has 1 heterocycles. The number of halogens is 3. The number of aromatic nitrogens is 1. The molecule has 4 nitrogen and oxygen atoms in total. The minimum atomic E-state index is -4.50. The summed E-state index contributed by atoms with van der Waals surface area (Å²) in [5.41, 5.74) is 1.12. The summed E-state index contributed by atoms with van der Waals surface area (Å²) in [6.07, 6.45) is -0.416. The van der Waals surface area contributed by atoms with E-state index in [1.54, 1.807) is 24.3 Å². The maximum atomic E-state index is 13.3. The molecule has 2 saturated carbocycles. The van der Waals surface area contributed by atoms with Gasteiger partial charge in [-0.15, -0.1) is 0 Å². The van der Waals surface area contributed by atoms with Gasteiger partial charge in [-0.05, 0) is 55.7 Å². The molecule has 3 aromatic rings. The van der Waals surface area contributed by atoms with Crippen LogP contribution in [0.5, 0.6) is 0 Å². The van der Waals surface area contributed by atoms with Crippen LogP contribution in [0.4, 0.5) is 18.9 Å². The standard InChI is InChI=1S/C26H26F3N3O/c27-26(28,29)24-15-23(19-8-4-5-9-22(19)32-24)30-17-10-12-18(13-11-17)31-25(33)21-14-20(21)16-6-2-1-3-7-16/h1-9,15,17-18,20-21H,10-14H2,(H,30,32)(H,31,33)/t17-,18+,20-,21+/m1/s1. The fourth-order valence-corrected chi connectivity index (χ4v) is 4.90. The summed E-state index contributed by atoms with van der Waals surface area (Å²) < 4.78 is 40.0. The number of alkyl halides is 3. The SMILES string of the molecule is O=C(N[C@H]1CC[C@@H](Nc2cc(C(F)(F)F)nc3ccccc23)CC1)[C@H]1C[C@@H]1c1ccccc1. The molecular weight excluding hydrogens is 427 g/mol. The molecule has 172 valence electrons. The second kappa shape index (κ2) is 8.69. The molecule has 2 aromatic carbocycles. The number of anilines is 1. The van der Waals surface area contributed by atoms with Crippen LogP contribution in [-0.4, -0.2) is 23.0 Å². The zero-order valence-electron chi connectivity index (χ0n) is 18.1. The number of pyridine rings is 1. The Morgan fingerprint density at radius 2 is 1.58 bits per heavy atom. The Morgan fingerprint density at radius 1 is 0.909 bits per heavy atom. The summed E-state index contributed by atoms with van der Waals surface area (Å²) in [5.74, 6) is 0.481. The van der Waals surface area contributed by atoms with E-state index in [1.165, 1.54) is 5.56 Å². The third-order valence-electron chi connectivity index (χ3n) is 6.79. The molecule has 0 saturated heterocycles. The second-order valence-corrected chi connectivity index (χ2v) is 9.13. The zero-order chi connectivity index (χ0) is 23.0. The Balaban J connectivity index is 1.18. The summed E-state index contributed by atoms with van der Waals surface area (Å²) in [6, 6.07) is 18.3. The maximum Gasteiger partial charge on any atom is 0.433 e. The fraction of sp³-hybridized carbons (Fsp3) is 0.385. The van der Waals surface area contributed by atoms with Gasteiger partial charge in [-0.3, -0.25) is 4.79 Å². The van der Waals surface area contributed by atoms with Crippen molar-refractivity contribution in [2.45, 2.75) is 56.3 Å². The van der Waals surface area contributed by atoms with Gasteiger partial charge in [-0.1, -0.05) is 48.5 Å². The Morgan fingerprint density at radius 3 is 2.30 bits per heavy atom. The maximum absolute atomic E-state index is 13.3. The lowest BCUT2D eigenvalue weighted by Crippen LogP contribution is -2.41. The van der Waals surface area contributed by atoms with Crippen molar-refractivity contribution in [2.24, 2.45) is 5.92 Å². The van der Waals surface area contributed by atoms with Gasteiger partial charge in [0.2, 0.25) is 5.91 Å². The number of hydrogen-bond acceptors (Lipinski definition) is 3. The predicted octanol–water partition coefficient (Wildman–Crippen LogP) is 5.90. The lowest BCUT2D eigenvalue weighted by atomic mass is 9.90. The average Bonchev–Trinajstić information content (AvgIpc) is 3.62. The Kier molecular flexibility index (Phi) is 5.72. The molecule has 1 amide bonds. The lowest BCUT2D eigenvalue weighted by molar-refractivity contribution is -0.140. The molecule has 2 atom stereocenters. The highest BCUT2D eigenvalue weighted by molar-refractivity contribution is 5.91. The van der Waals surface area contributed by atoms with Crippen LogP contribution in [0.15, 0.2) is 60.7 Å². The number of carbonyl (C=O) groups excluding carboxylic acids is 1. The average molecular weight is 454 g/mol. The van der Waals surface area contributed by atoms with E-state index in [0.717, 1.165) is 38.2 Å². The van der Waals surface area contributed by atoms with Crippen molar-refractivity contribution < 1.29 is 18.0 Å². The summed E-state index contributed by atoms with van der Waals surface area (Å²) in [5, 5.41) is 7.20. The highest BCUT2D eigenvalue weighted by Gasteiger charge is 2.44. The van der Waals surface area contributed by atoms with E-state index in [4.69, 9.17) is 0 Å². The normalized spacial score (nSPS) is 24.9. The first-order chi connectivity index (χ1) is 15.9. The molecule has 7 heteroatoms. The molecule has 1 aromatic heterocycles. The summed E-state index contributed by atoms with van der Waals surface area (Å²) in [7, 11) is 0.